The third kappa shape index (κ3) is 3.26. The summed E-state index contributed by atoms with van der Waals surface area (Å²) < 4.78 is 0. The van der Waals surface area contributed by atoms with Crippen molar-refractivity contribution in [3.05, 3.63) is 40.9 Å². The summed E-state index contributed by atoms with van der Waals surface area (Å²) in [6.07, 6.45) is 0. The number of benzene rings is 1. The molecular weight excluding hydrogens is 262 g/mol. The lowest BCUT2D eigenvalue weighted by Gasteiger charge is -2.19. The van der Waals surface area contributed by atoms with Crippen molar-refractivity contribution in [1.82, 2.24) is 9.97 Å². The number of halogens is 1. The lowest BCUT2D eigenvalue weighted by molar-refractivity contribution is 0.894. The summed E-state index contributed by atoms with van der Waals surface area (Å²) in [5, 5.41) is 3.70. The van der Waals surface area contributed by atoms with Gasteiger partial charge in [-0.3, -0.25) is 0 Å². The van der Waals surface area contributed by atoms with Crippen LogP contribution in [0.2, 0.25) is 5.02 Å². The molecule has 0 aliphatic heterocycles. The summed E-state index contributed by atoms with van der Waals surface area (Å²) in [4.78, 5) is 10.3. The summed E-state index contributed by atoms with van der Waals surface area (Å²) in [6, 6.07) is 9.57. The Morgan fingerprint density at radius 1 is 1.32 bits per heavy atom. The standard InChI is InChI=1S/C13H16ClN5/c1-16-11-7-12(18-13(15)17-11)19(2)8-9-5-3-4-6-10(9)14/h3-7H,8H2,1-2H3,(H3,15,16,17,18). The largest absolute Gasteiger partial charge is 0.373 e. The fraction of sp³-hybridized carbons (Fsp3) is 0.231. The number of hydrogen-bond donors (Lipinski definition) is 2. The Kier molecular flexibility index (Phi) is 4.06. The van der Waals surface area contributed by atoms with E-state index in [-0.39, 0.29) is 5.95 Å². The number of hydrogen-bond acceptors (Lipinski definition) is 5. The van der Waals surface area contributed by atoms with E-state index in [9.17, 15) is 0 Å². The minimum atomic E-state index is 0.243. The number of anilines is 3. The quantitative estimate of drug-likeness (QED) is 0.898. The Bertz CT molecular complexity index is 573. The zero-order valence-corrected chi connectivity index (χ0v) is 11.6. The van der Waals surface area contributed by atoms with Crippen molar-refractivity contribution in [1.29, 1.82) is 0 Å². The maximum Gasteiger partial charge on any atom is 0.223 e. The predicted molar refractivity (Wildman–Crippen MR) is 79.6 cm³/mol. The van der Waals surface area contributed by atoms with E-state index in [2.05, 4.69) is 15.3 Å². The maximum absolute atomic E-state index is 6.15. The van der Waals surface area contributed by atoms with Crippen LogP contribution in [0, 0.1) is 0 Å². The topological polar surface area (TPSA) is 67.1 Å². The highest BCUT2D eigenvalue weighted by atomic mass is 35.5. The first-order valence-corrected chi connectivity index (χ1v) is 6.25. The molecule has 5 nitrogen and oxygen atoms in total. The molecule has 1 aromatic carbocycles. The maximum atomic E-state index is 6.15. The van der Waals surface area contributed by atoms with Gasteiger partial charge in [0.1, 0.15) is 11.6 Å². The van der Waals surface area contributed by atoms with Crippen molar-refractivity contribution >= 4 is 29.2 Å². The second-order valence-corrected chi connectivity index (χ2v) is 4.57. The highest BCUT2D eigenvalue weighted by Crippen LogP contribution is 2.21. The summed E-state index contributed by atoms with van der Waals surface area (Å²) in [6.45, 7) is 0.652. The van der Waals surface area contributed by atoms with Crippen LogP contribution in [0.1, 0.15) is 5.56 Å². The average Bonchev–Trinajstić information content (AvgIpc) is 2.40. The monoisotopic (exact) mass is 277 g/mol. The van der Waals surface area contributed by atoms with E-state index in [4.69, 9.17) is 17.3 Å². The molecule has 0 saturated heterocycles. The second-order valence-electron chi connectivity index (χ2n) is 4.17. The van der Waals surface area contributed by atoms with Crippen LogP contribution in [0.5, 0.6) is 0 Å². The number of rotatable bonds is 4. The molecule has 100 valence electrons. The molecular formula is C13H16ClN5. The van der Waals surface area contributed by atoms with Crippen molar-refractivity contribution in [3.8, 4) is 0 Å². The number of nitrogens with two attached hydrogens (primary N) is 1. The van der Waals surface area contributed by atoms with Gasteiger partial charge in [0.05, 0.1) is 0 Å². The van der Waals surface area contributed by atoms with Crippen molar-refractivity contribution in [2.24, 2.45) is 0 Å². The molecule has 0 aliphatic rings. The summed E-state index contributed by atoms with van der Waals surface area (Å²) in [5.41, 5.74) is 6.72. The molecule has 0 unspecified atom stereocenters. The van der Waals surface area contributed by atoms with E-state index in [1.807, 2.05) is 42.3 Å². The van der Waals surface area contributed by atoms with Crippen molar-refractivity contribution < 1.29 is 0 Å². The Labute approximate surface area is 117 Å². The minimum absolute atomic E-state index is 0.243. The predicted octanol–water partition coefficient (Wildman–Crippen LogP) is 2.39. The van der Waals surface area contributed by atoms with E-state index >= 15 is 0 Å². The highest BCUT2D eigenvalue weighted by molar-refractivity contribution is 6.31. The molecule has 0 saturated carbocycles. The van der Waals surface area contributed by atoms with Gasteiger partial charge in [0.25, 0.3) is 0 Å². The third-order valence-electron chi connectivity index (χ3n) is 2.74. The van der Waals surface area contributed by atoms with Gasteiger partial charge < -0.3 is 16.0 Å². The zero-order chi connectivity index (χ0) is 13.8. The van der Waals surface area contributed by atoms with Crippen LogP contribution >= 0.6 is 11.6 Å². The van der Waals surface area contributed by atoms with Gasteiger partial charge in [0.2, 0.25) is 5.95 Å². The molecule has 1 aromatic heterocycles. The van der Waals surface area contributed by atoms with E-state index in [0.29, 0.717) is 12.4 Å². The first-order chi connectivity index (χ1) is 9.10. The van der Waals surface area contributed by atoms with E-state index < -0.39 is 0 Å². The van der Waals surface area contributed by atoms with Crippen LogP contribution in [-0.4, -0.2) is 24.1 Å². The number of nitrogens with one attached hydrogen (secondary N) is 1. The van der Waals surface area contributed by atoms with E-state index in [1.165, 1.54) is 0 Å². The molecule has 3 N–H and O–H groups in total. The minimum Gasteiger partial charge on any atom is -0.373 e. The molecule has 0 aliphatic carbocycles. The lowest BCUT2D eigenvalue weighted by Crippen LogP contribution is -2.19. The summed E-state index contributed by atoms with van der Waals surface area (Å²) in [7, 11) is 3.73. The van der Waals surface area contributed by atoms with Crippen LogP contribution in [0.4, 0.5) is 17.6 Å². The Morgan fingerprint density at radius 3 is 2.74 bits per heavy atom. The summed E-state index contributed by atoms with van der Waals surface area (Å²) in [5.74, 6) is 1.68. The Balaban J connectivity index is 2.22. The Morgan fingerprint density at radius 2 is 2.05 bits per heavy atom. The third-order valence-corrected chi connectivity index (χ3v) is 3.11. The average molecular weight is 278 g/mol. The first kappa shape index (κ1) is 13.4. The van der Waals surface area contributed by atoms with Crippen molar-refractivity contribution in [2.45, 2.75) is 6.54 Å². The first-order valence-electron chi connectivity index (χ1n) is 5.87. The van der Waals surface area contributed by atoms with Gasteiger partial charge in [-0.25, -0.2) is 0 Å². The fourth-order valence-electron chi connectivity index (χ4n) is 1.74. The summed E-state index contributed by atoms with van der Waals surface area (Å²) >= 11 is 6.15. The molecule has 2 rings (SSSR count). The molecule has 0 radical (unpaired) electrons. The van der Waals surface area contributed by atoms with E-state index in [0.717, 1.165) is 16.4 Å². The van der Waals surface area contributed by atoms with Crippen LogP contribution in [0.3, 0.4) is 0 Å². The van der Waals surface area contributed by atoms with Gasteiger partial charge in [-0.1, -0.05) is 29.8 Å². The molecule has 0 fully saturated rings. The van der Waals surface area contributed by atoms with Gasteiger partial charge in [-0.15, -0.1) is 0 Å². The van der Waals surface area contributed by atoms with Crippen LogP contribution in [-0.2, 0) is 6.54 Å². The van der Waals surface area contributed by atoms with Gasteiger partial charge in [-0.05, 0) is 11.6 Å². The van der Waals surface area contributed by atoms with Crippen LogP contribution in [0.25, 0.3) is 0 Å². The Hall–Kier alpha value is -2.01. The molecule has 0 amide bonds. The van der Waals surface area contributed by atoms with Gasteiger partial charge in [-0.2, -0.15) is 9.97 Å². The number of nitrogen functional groups attached to an aromatic ring is 1. The van der Waals surface area contributed by atoms with Crippen molar-refractivity contribution in [3.63, 3.8) is 0 Å². The van der Waals surface area contributed by atoms with Crippen LogP contribution in [0.15, 0.2) is 30.3 Å². The molecule has 0 bridgehead atoms. The molecule has 1 heterocycles. The SMILES string of the molecule is CNc1cc(N(C)Cc2ccccc2Cl)nc(N)n1. The van der Waals surface area contributed by atoms with Gasteiger partial charge >= 0.3 is 0 Å². The lowest BCUT2D eigenvalue weighted by atomic mass is 10.2. The number of nitrogens with zero attached hydrogens (tertiary/aromatic N) is 3. The normalized spacial score (nSPS) is 10.3. The van der Waals surface area contributed by atoms with Crippen LogP contribution < -0.4 is 16.0 Å². The second kappa shape index (κ2) is 5.75. The molecule has 0 spiro atoms. The van der Waals surface area contributed by atoms with Gasteiger partial charge in [0.15, 0.2) is 0 Å². The highest BCUT2D eigenvalue weighted by Gasteiger charge is 2.08. The molecule has 19 heavy (non-hydrogen) atoms. The molecule has 0 atom stereocenters. The fourth-order valence-corrected chi connectivity index (χ4v) is 1.93. The van der Waals surface area contributed by atoms with Gasteiger partial charge in [0, 0.05) is 31.7 Å². The molecule has 6 heteroatoms. The van der Waals surface area contributed by atoms with Crippen molar-refractivity contribution in [2.75, 3.05) is 30.0 Å². The molecule has 2 aromatic rings. The zero-order valence-electron chi connectivity index (χ0n) is 10.9. The van der Waals surface area contributed by atoms with E-state index in [1.54, 1.807) is 7.05 Å². The number of aromatic nitrogens is 2. The smallest absolute Gasteiger partial charge is 0.223 e.